The molecule has 0 aliphatic heterocycles. The van der Waals surface area contributed by atoms with Gasteiger partial charge in [-0.2, -0.15) is 5.10 Å². The molecule has 0 bridgehead atoms. The summed E-state index contributed by atoms with van der Waals surface area (Å²) >= 11 is 1.64. The van der Waals surface area contributed by atoms with Crippen LogP contribution in [0.25, 0.3) is 0 Å². The van der Waals surface area contributed by atoms with Gasteiger partial charge in [0.1, 0.15) is 6.54 Å². The first-order valence-corrected chi connectivity index (χ1v) is 11.3. The van der Waals surface area contributed by atoms with Gasteiger partial charge in [-0.05, 0) is 24.3 Å². The highest BCUT2D eigenvalue weighted by Crippen LogP contribution is 2.25. The van der Waals surface area contributed by atoms with E-state index in [0.29, 0.717) is 11.7 Å². The first kappa shape index (κ1) is 21.4. The van der Waals surface area contributed by atoms with E-state index in [2.05, 4.69) is 41.7 Å². The third kappa shape index (κ3) is 6.63. The van der Waals surface area contributed by atoms with Gasteiger partial charge in [0, 0.05) is 18.0 Å². The molecule has 1 aromatic heterocycles. The maximum absolute atomic E-state index is 12.8. The summed E-state index contributed by atoms with van der Waals surface area (Å²) in [4.78, 5) is 24.9. The van der Waals surface area contributed by atoms with Gasteiger partial charge in [-0.3, -0.25) is 14.3 Å². The highest BCUT2D eigenvalue weighted by atomic mass is 32.2. The lowest BCUT2D eigenvalue weighted by Crippen LogP contribution is -2.35. The Balaban J connectivity index is 1.51. The first-order valence-electron chi connectivity index (χ1n) is 10.3. The van der Waals surface area contributed by atoms with Crippen molar-refractivity contribution in [1.82, 2.24) is 15.1 Å². The molecule has 156 valence electrons. The van der Waals surface area contributed by atoms with Crippen LogP contribution in [0.1, 0.15) is 45.1 Å². The highest BCUT2D eigenvalue weighted by Gasteiger charge is 2.23. The van der Waals surface area contributed by atoms with E-state index in [0.717, 1.165) is 18.6 Å². The van der Waals surface area contributed by atoms with Gasteiger partial charge in [0.05, 0.1) is 17.1 Å². The molecular formula is C22H30N4O2S. The third-order valence-electron chi connectivity index (χ3n) is 5.06. The Bertz CT molecular complexity index is 800. The predicted molar refractivity (Wildman–Crippen MR) is 118 cm³/mol. The van der Waals surface area contributed by atoms with Crippen molar-refractivity contribution < 1.29 is 9.59 Å². The smallest absolute Gasteiger partial charge is 0.241 e. The van der Waals surface area contributed by atoms with E-state index in [1.54, 1.807) is 28.8 Å². The lowest BCUT2D eigenvalue weighted by atomic mass is 10.1. The lowest BCUT2D eigenvalue weighted by molar-refractivity contribution is -0.122. The minimum atomic E-state index is -0.163. The number of thioether (sulfide) groups is 1. The van der Waals surface area contributed by atoms with Crippen LogP contribution < -0.4 is 10.6 Å². The van der Waals surface area contributed by atoms with E-state index in [1.807, 2.05) is 18.2 Å². The van der Waals surface area contributed by atoms with Crippen molar-refractivity contribution in [3.63, 3.8) is 0 Å². The van der Waals surface area contributed by atoms with Crippen LogP contribution in [-0.4, -0.2) is 32.9 Å². The number of aromatic nitrogens is 2. The summed E-state index contributed by atoms with van der Waals surface area (Å²) in [7, 11) is 0. The first-order chi connectivity index (χ1) is 14.0. The Kier molecular flexibility index (Phi) is 7.75. The SMILES string of the molecule is CC(C)C(SCc1ccccc1)C(=O)Nc1cnn(CC(=O)NC2CCCC2)c1. The standard InChI is InChI=1S/C22H30N4O2S/c1-16(2)21(29-15-17-8-4-3-5-9-17)22(28)25-19-12-23-26(13-19)14-20(27)24-18-10-6-7-11-18/h3-5,8-9,12-13,16,18,21H,6-7,10-11,14-15H2,1-2H3,(H,24,27)(H,25,28). The number of carbonyl (C=O) groups excluding carboxylic acids is 2. The molecule has 0 radical (unpaired) electrons. The summed E-state index contributed by atoms with van der Waals surface area (Å²) < 4.78 is 1.57. The van der Waals surface area contributed by atoms with Crippen molar-refractivity contribution in [1.29, 1.82) is 0 Å². The summed E-state index contributed by atoms with van der Waals surface area (Å²) in [5, 5.41) is 10.1. The fourth-order valence-electron chi connectivity index (χ4n) is 3.55. The lowest BCUT2D eigenvalue weighted by Gasteiger charge is -2.19. The molecule has 1 aliphatic carbocycles. The Morgan fingerprint density at radius 2 is 1.93 bits per heavy atom. The van der Waals surface area contributed by atoms with Crippen LogP contribution in [0.5, 0.6) is 0 Å². The molecule has 1 aromatic carbocycles. The second-order valence-corrected chi connectivity index (χ2v) is 9.06. The molecule has 2 N–H and O–H groups in total. The normalized spacial score (nSPS) is 15.4. The van der Waals surface area contributed by atoms with Crippen molar-refractivity contribution in [2.75, 3.05) is 5.32 Å². The van der Waals surface area contributed by atoms with Crippen LogP contribution in [0.4, 0.5) is 5.69 Å². The number of anilines is 1. The zero-order valence-corrected chi connectivity index (χ0v) is 18.0. The number of benzene rings is 1. The monoisotopic (exact) mass is 414 g/mol. The molecule has 1 atom stereocenters. The van der Waals surface area contributed by atoms with Crippen molar-refractivity contribution in [3.8, 4) is 0 Å². The molecule has 2 aromatic rings. The van der Waals surface area contributed by atoms with Crippen molar-refractivity contribution in [3.05, 3.63) is 48.3 Å². The summed E-state index contributed by atoms with van der Waals surface area (Å²) in [5.74, 6) is 0.931. The zero-order chi connectivity index (χ0) is 20.6. The molecule has 1 saturated carbocycles. The van der Waals surface area contributed by atoms with Gasteiger partial charge in [-0.25, -0.2) is 0 Å². The zero-order valence-electron chi connectivity index (χ0n) is 17.1. The minimum absolute atomic E-state index is 0.0312. The molecule has 0 spiro atoms. The van der Waals surface area contributed by atoms with Gasteiger partial charge in [0.25, 0.3) is 0 Å². The van der Waals surface area contributed by atoms with Gasteiger partial charge >= 0.3 is 0 Å². The van der Waals surface area contributed by atoms with E-state index in [9.17, 15) is 9.59 Å². The number of amides is 2. The topological polar surface area (TPSA) is 76.0 Å². The molecular weight excluding hydrogens is 384 g/mol. The molecule has 1 unspecified atom stereocenters. The fraction of sp³-hybridized carbons (Fsp3) is 0.500. The largest absolute Gasteiger partial charge is 0.352 e. The molecule has 1 heterocycles. The van der Waals surface area contributed by atoms with Crippen LogP contribution in [0.3, 0.4) is 0 Å². The second kappa shape index (κ2) is 10.5. The molecule has 3 rings (SSSR count). The Morgan fingerprint density at radius 1 is 1.21 bits per heavy atom. The Labute approximate surface area is 176 Å². The Morgan fingerprint density at radius 3 is 2.62 bits per heavy atom. The maximum atomic E-state index is 12.8. The van der Waals surface area contributed by atoms with Crippen LogP contribution in [0.15, 0.2) is 42.7 Å². The van der Waals surface area contributed by atoms with Gasteiger partial charge in [-0.1, -0.05) is 57.0 Å². The summed E-state index contributed by atoms with van der Waals surface area (Å²) in [5.41, 5.74) is 1.83. The second-order valence-electron chi connectivity index (χ2n) is 7.93. The molecule has 0 saturated heterocycles. The van der Waals surface area contributed by atoms with Crippen molar-refractivity contribution in [2.45, 2.75) is 63.1 Å². The summed E-state index contributed by atoms with van der Waals surface area (Å²) in [6, 6.07) is 10.5. The van der Waals surface area contributed by atoms with Crippen molar-refractivity contribution in [2.24, 2.45) is 5.92 Å². The number of rotatable bonds is 9. The molecule has 6 nitrogen and oxygen atoms in total. The third-order valence-corrected chi connectivity index (χ3v) is 6.68. The van der Waals surface area contributed by atoms with E-state index >= 15 is 0 Å². The van der Waals surface area contributed by atoms with Crippen LogP contribution in [0.2, 0.25) is 0 Å². The summed E-state index contributed by atoms with van der Waals surface area (Å²) in [6.45, 7) is 4.28. The van der Waals surface area contributed by atoms with Crippen LogP contribution in [0, 0.1) is 5.92 Å². The van der Waals surface area contributed by atoms with Crippen molar-refractivity contribution >= 4 is 29.3 Å². The predicted octanol–water partition coefficient (Wildman–Crippen LogP) is 3.84. The molecule has 1 aliphatic rings. The quantitative estimate of drug-likeness (QED) is 0.654. The molecule has 7 heteroatoms. The summed E-state index contributed by atoms with van der Waals surface area (Å²) in [6.07, 6.45) is 7.79. The number of hydrogen-bond acceptors (Lipinski definition) is 4. The molecule has 1 fully saturated rings. The van der Waals surface area contributed by atoms with Gasteiger partial charge in [0.2, 0.25) is 11.8 Å². The minimum Gasteiger partial charge on any atom is -0.352 e. The average Bonchev–Trinajstić information content (AvgIpc) is 3.34. The maximum Gasteiger partial charge on any atom is 0.241 e. The molecule has 29 heavy (non-hydrogen) atoms. The highest BCUT2D eigenvalue weighted by molar-refractivity contribution is 7.99. The fourth-order valence-corrected chi connectivity index (χ4v) is 4.71. The number of nitrogens with one attached hydrogen (secondary N) is 2. The van der Waals surface area contributed by atoms with Crippen LogP contribution in [-0.2, 0) is 21.9 Å². The van der Waals surface area contributed by atoms with Gasteiger partial charge < -0.3 is 10.6 Å². The number of hydrogen-bond donors (Lipinski definition) is 2. The van der Waals surface area contributed by atoms with Gasteiger partial charge in [-0.15, -0.1) is 11.8 Å². The van der Waals surface area contributed by atoms with E-state index in [4.69, 9.17) is 0 Å². The average molecular weight is 415 g/mol. The number of nitrogens with zero attached hydrogens (tertiary/aromatic N) is 2. The molecule has 2 amide bonds. The van der Waals surface area contributed by atoms with E-state index in [-0.39, 0.29) is 29.5 Å². The van der Waals surface area contributed by atoms with E-state index in [1.165, 1.54) is 18.4 Å². The Hall–Kier alpha value is -2.28. The van der Waals surface area contributed by atoms with E-state index < -0.39 is 0 Å². The van der Waals surface area contributed by atoms with Crippen LogP contribution >= 0.6 is 11.8 Å². The van der Waals surface area contributed by atoms with Gasteiger partial charge in [0.15, 0.2) is 0 Å². The number of carbonyl (C=O) groups is 2.